The first-order valence-corrected chi connectivity index (χ1v) is 15.0. The van der Waals surface area contributed by atoms with Crippen LogP contribution in [-0.4, -0.2) is 70.2 Å². The van der Waals surface area contributed by atoms with E-state index in [1.54, 1.807) is 29.6 Å². The molecule has 2 fully saturated rings. The maximum absolute atomic E-state index is 13.9. The summed E-state index contributed by atoms with van der Waals surface area (Å²) in [6, 6.07) is 20.2. The van der Waals surface area contributed by atoms with Gasteiger partial charge in [0.2, 0.25) is 10.0 Å². The van der Waals surface area contributed by atoms with Crippen molar-refractivity contribution in [3.05, 3.63) is 77.4 Å². The SMILES string of the molecule is COCC1C(c2ccc(-c3cccc(C)c3C)cc2)[C@@H]2CN(S(=O)(=O)c3ccc(N)cc3OC)CCCCN12. The molecule has 0 aromatic heterocycles. The molecule has 3 atom stereocenters. The summed E-state index contributed by atoms with van der Waals surface area (Å²) in [6.07, 6.45) is 1.73. The molecule has 2 heterocycles. The summed E-state index contributed by atoms with van der Waals surface area (Å²) in [5.41, 5.74) is 12.6. The molecule has 0 saturated carbocycles. The molecule has 2 aliphatic rings. The fourth-order valence-corrected chi connectivity index (χ4v) is 7.90. The number of nitrogen functional groups attached to an aromatic ring is 1. The van der Waals surface area contributed by atoms with Crippen molar-refractivity contribution < 1.29 is 17.9 Å². The Bertz CT molecular complexity index is 1420. The van der Waals surface area contributed by atoms with Crippen molar-refractivity contribution in [2.75, 3.05) is 46.2 Å². The quantitative estimate of drug-likeness (QED) is 0.425. The van der Waals surface area contributed by atoms with Crippen molar-refractivity contribution >= 4 is 15.7 Å². The first-order chi connectivity index (χ1) is 18.8. The normalized spacial score (nSPS) is 22.4. The summed E-state index contributed by atoms with van der Waals surface area (Å²) in [4.78, 5) is 2.60. The van der Waals surface area contributed by atoms with Gasteiger partial charge in [0.1, 0.15) is 10.6 Å². The second kappa shape index (κ2) is 11.3. The standard InChI is InChI=1S/C31H39N3O4S/c1-21-8-7-9-26(22(21)2)23-10-12-24(13-11-23)31-27-19-33(16-5-6-17-34(27)28(31)20-37-3)39(35,36)30-15-14-25(32)18-29(30)38-4/h7-15,18,27-28,31H,5-6,16-17,19-20,32H2,1-4H3/t27-,28?,31?/m0/s1. The molecule has 3 aromatic carbocycles. The van der Waals surface area contributed by atoms with Gasteiger partial charge in [0, 0.05) is 50.0 Å². The van der Waals surface area contributed by atoms with Crippen LogP contribution in [0, 0.1) is 13.8 Å². The van der Waals surface area contributed by atoms with Gasteiger partial charge in [0.25, 0.3) is 0 Å². The third kappa shape index (κ3) is 5.18. The Morgan fingerprint density at radius 2 is 1.72 bits per heavy atom. The molecule has 8 heteroatoms. The van der Waals surface area contributed by atoms with Crippen LogP contribution >= 0.6 is 0 Å². The molecule has 208 valence electrons. The van der Waals surface area contributed by atoms with Gasteiger partial charge in [-0.15, -0.1) is 0 Å². The number of fused-ring (bicyclic) bond motifs is 1. The van der Waals surface area contributed by atoms with Gasteiger partial charge in [-0.2, -0.15) is 4.31 Å². The Hall–Kier alpha value is -2.91. The van der Waals surface area contributed by atoms with Crippen LogP contribution in [0.4, 0.5) is 5.69 Å². The Morgan fingerprint density at radius 3 is 2.44 bits per heavy atom. The molecular formula is C31H39N3O4S. The average Bonchev–Trinajstić information content (AvgIpc) is 2.91. The monoisotopic (exact) mass is 549 g/mol. The molecule has 5 rings (SSSR count). The van der Waals surface area contributed by atoms with Crippen LogP contribution in [-0.2, 0) is 14.8 Å². The fourth-order valence-electron chi connectivity index (χ4n) is 6.26. The van der Waals surface area contributed by atoms with Crippen LogP contribution in [0.25, 0.3) is 11.1 Å². The highest BCUT2D eigenvalue weighted by atomic mass is 32.2. The molecular weight excluding hydrogens is 510 g/mol. The number of nitrogens with zero attached hydrogens (tertiary/aromatic N) is 2. The Balaban J connectivity index is 1.46. The van der Waals surface area contributed by atoms with Crippen molar-refractivity contribution in [2.45, 2.75) is 49.6 Å². The van der Waals surface area contributed by atoms with E-state index in [-0.39, 0.29) is 28.6 Å². The third-order valence-corrected chi connectivity index (χ3v) is 10.4. The Kier molecular flexibility index (Phi) is 8.01. The second-order valence-electron chi connectivity index (χ2n) is 10.7. The first kappa shape index (κ1) is 27.6. The number of benzene rings is 3. The van der Waals surface area contributed by atoms with Gasteiger partial charge in [-0.25, -0.2) is 8.42 Å². The van der Waals surface area contributed by atoms with E-state index in [2.05, 4.69) is 61.2 Å². The lowest BCUT2D eigenvalue weighted by molar-refractivity contribution is -0.0635. The van der Waals surface area contributed by atoms with Crippen LogP contribution in [0.5, 0.6) is 5.75 Å². The Labute approximate surface area is 232 Å². The molecule has 0 amide bonds. The van der Waals surface area contributed by atoms with Crippen molar-refractivity contribution in [3.8, 4) is 16.9 Å². The molecule has 2 saturated heterocycles. The van der Waals surface area contributed by atoms with Gasteiger partial charge in [0.05, 0.1) is 13.7 Å². The smallest absolute Gasteiger partial charge is 0.246 e. The number of aryl methyl sites for hydroxylation is 1. The number of anilines is 1. The van der Waals surface area contributed by atoms with Gasteiger partial charge < -0.3 is 15.2 Å². The predicted octanol–water partition coefficient (Wildman–Crippen LogP) is 4.83. The van der Waals surface area contributed by atoms with Crippen LogP contribution in [0.2, 0.25) is 0 Å². The summed E-state index contributed by atoms with van der Waals surface area (Å²) in [5, 5.41) is 0. The molecule has 0 radical (unpaired) electrons. The maximum atomic E-state index is 13.9. The van der Waals surface area contributed by atoms with Crippen molar-refractivity contribution in [2.24, 2.45) is 0 Å². The number of rotatable bonds is 7. The lowest BCUT2D eigenvalue weighted by atomic mass is 9.74. The molecule has 2 unspecified atom stereocenters. The van der Waals surface area contributed by atoms with Crippen LogP contribution in [0.15, 0.2) is 65.6 Å². The van der Waals surface area contributed by atoms with Gasteiger partial charge in [-0.1, -0.05) is 42.5 Å². The molecule has 3 aromatic rings. The summed E-state index contributed by atoms with van der Waals surface area (Å²) in [5.74, 6) is 0.445. The van der Waals surface area contributed by atoms with Crippen LogP contribution in [0.3, 0.4) is 0 Å². The molecule has 39 heavy (non-hydrogen) atoms. The van der Waals surface area contributed by atoms with Crippen LogP contribution in [0.1, 0.15) is 35.4 Å². The highest BCUT2D eigenvalue weighted by Gasteiger charge is 2.50. The van der Waals surface area contributed by atoms with E-state index in [1.807, 2.05) is 0 Å². The molecule has 0 aliphatic carbocycles. The van der Waals surface area contributed by atoms with Gasteiger partial charge in [-0.05, 0) is 73.2 Å². The lowest BCUT2D eigenvalue weighted by Crippen LogP contribution is -2.68. The van der Waals surface area contributed by atoms with Crippen LogP contribution < -0.4 is 10.5 Å². The van der Waals surface area contributed by atoms with Gasteiger partial charge in [-0.3, -0.25) is 4.90 Å². The summed E-state index contributed by atoms with van der Waals surface area (Å²) in [7, 11) is -0.563. The average molecular weight is 550 g/mol. The van der Waals surface area contributed by atoms with E-state index in [0.29, 0.717) is 25.4 Å². The van der Waals surface area contributed by atoms with E-state index >= 15 is 0 Å². The lowest BCUT2D eigenvalue weighted by Gasteiger charge is -2.57. The molecule has 0 spiro atoms. The summed E-state index contributed by atoms with van der Waals surface area (Å²) < 4.78 is 40.5. The van der Waals surface area contributed by atoms with E-state index in [1.165, 1.54) is 34.9 Å². The van der Waals surface area contributed by atoms with Gasteiger partial charge in [0.15, 0.2) is 0 Å². The van der Waals surface area contributed by atoms with E-state index < -0.39 is 10.0 Å². The van der Waals surface area contributed by atoms with Gasteiger partial charge >= 0.3 is 0 Å². The molecule has 0 bridgehead atoms. The Morgan fingerprint density at radius 1 is 0.974 bits per heavy atom. The minimum atomic E-state index is -3.78. The third-order valence-electron chi connectivity index (χ3n) is 8.50. The minimum absolute atomic E-state index is 0.0616. The highest BCUT2D eigenvalue weighted by molar-refractivity contribution is 7.89. The first-order valence-electron chi connectivity index (χ1n) is 13.6. The van der Waals surface area contributed by atoms with Crippen molar-refractivity contribution in [3.63, 3.8) is 0 Å². The largest absolute Gasteiger partial charge is 0.495 e. The molecule has 7 nitrogen and oxygen atoms in total. The number of hydrogen-bond acceptors (Lipinski definition) is 6. The van der Waals surface area contributed by atoms with E-state index in [0.717, 1.165) is 19.4 Å². The van der Waals surface area contributed by atoms with Crippen molar-refractivity contribution in [1.29, 1.82) is 0 Å². The summed E-state index contributed by atoms with van der Waals surface area (Å²) in [6.45, 7) is 6.75. The van der Waals surface area contributed by atoms with E-state index in [9.17, 15) is 8.42 Å². The highest BCUT2D eigenvalue weighted by Crippen LogP contribution is 2.44. The number of sulfonamides is 1. The predicted molar refractivity (Wildman–Crippen MR) is 156 cm³/mol. The molecule has 2 N–H and O–H groups in total. The number of hydrogen-bond donors (Lipinski definition) is 1. The number of ether oxygens (including phenoxy) is 2. The minimum Gasteiger partial charge on any atom is -0.495 e. The zero-order chi connectivity index (χ0) is 27.7. The number of methoxy groups -OCH3 is 2. The molecule has 2 aliphatic heterocycles. The zero-order valence-corrected chi connectivity index (χ0v) is 24.1. The summed E-state index contributed by atoms with van der Waals surface area (Å²) >= 11 is 0. The fraction of sp³-hybridized carbons (Fsp3) is 0.419. The topological polar surface area (TPSA) is 85.1 Å². The zero-order valence-electron chi connectivity index (χ0n) is 23.3. The second-order valence-corrected chi connectivity index (χ2v) is 12.6. The maximum Gasteiger partial charge on any atom is 0.246 e. The van der Waals surface area contributed by atoms with Crippen molar-refractivity contribution in [1.82, 2.24) is 9.21 Å². The number of nitrogens with two attached hydrogens (primary N) is 1. The van der Waals surface area contributed by atoms with E-state index in [4.69, 9.17) is 15.2 Å².